The number of aromatic hydroxyl groups is 1. The molecule has 1 aliphatic carbocycles. The first kappa shape index (κ1) is 43.6. The molecule has 1 heterocycles. The van der Waals surface area contributed by atoms with Crippen LogP contribution in [0.3, 0.4) is 0 Å². The number of aromatic amines is 1. The number of rotatable bonds is 17. The Morgan fingerprint density at radius 1 is 0.915 bits per heavy atom. The molecule has 5 aromatic rings. The second kappa shape index (κ2) is 19.4. The van der Waals surface area contributed by atoms with Gasteiger partial charge in [0.1, 0.15) is 11.5 Å². The number of aryl methyl sites for hydroxylation is 1. The van der Waals surface area contributed by atoms with Gasteiger partial charge in [0.2, 0.25) is 5.56 Å². The van der Waals surface area contributed by atoms with Crippen molar-refractivity contribution in [2.45, 2.75) is 108 Å². The molecule has 0 bridgehead atoms. The van der Waals surface area contributed by atoms with Gasteiger partial charge in [0.25, 0.3) is 0 Å². The lowest BCUT2D eigenvalue weighted by molar-refractivity contribution is 0.182. The number of amides is 1. The number of hydrogen-bond donors (Lipinski definition) is 5. The summed E-state index contributed by atoms with van der Waals surface area (Å²) in [6.45, 7) is 13.1. The van der Waals surface area contributed by atoms with Crippen molar-refractivity contribution in [3.63, 3.8) is 0 Å². The van der Waals surface area contributed by atoms with Crippen LogP contribution in [0.25, 0.3) is 22.0 Å². The lowest BCUT2D eigenvalue weighted by Gasteiger charge is -2.39. The Hall–Kier alpha value is -4.94. The van der Waals surface area contributed by atoms with Gasteiger partial charge in [-0.15, -0.1) is 0 Å². The van der Waals surface area contributed by atoms with Crippen molar-refractivity contribution in [2.24, 2.45) is 5.73 Å². The molecular formula is C48H62N4O6Si. The monoisotopic (exact) mass is 818 g/mol. The number of carbonyl (C=O) groups is 1. The number of anilines is 1. The maximum Gasteiger partial charge on any atom is 0.412 e. The topological polar surface area (TPSA) is 150 Å². The van der Waals surface area contributed by atoms with Crippen molar-refractivity contribution < 1.29 is 24.2 Å². The molecule has 0 unspecified atom stereocenters. The fourth-order valence-electron chi connectivity index (χ4n) is 7.74. The predicted octanol–water partition coefficient (Wildman–Crippen LogP) is 9.95. The molecule has 6 N–H and O–H groups in total. The fraction of sp³-hybridized carbons (Fsp3) is 0.417. The number of ether oxygens (including phenoxy) is 1. The van der Waals surface area contributed by atoms with E-state index in [2.05, 4.69) is 74.5 Å². The number of hydrogen-bond acceptors (Lipinski definition) is 7. The molecule has 59 heavy (non-hydrogen) atoms. The molecule has 1 aliphatic rings. The van der Waals surface area contributed by atoms with E-state index in [1.165, 1.54) is 11.6 Å². The van der Waals surface area contributed by atoms with Crippen LogP contribution in [0.4, 0.5) is 10.5 Å². The number of pyridine rings is 1. The third-order valence-corrected chi connectivity index (χ3v) is 16.7. The van der Waals surface area contributed by atoms with Crippen LogP contribution >= 0.6 is 0 Å². The van der Waals surface area contributed by atoms with Crippen molar-refractivity contribution in [3.8, 4) is 22.6 Å². The number of carboxylic acid groups (broad SMARTS) is 1. The van der Waals surface area contributed by atoms with Crippen molar-refractivity contribution in [3.05, 3.63) is 124 Å². The summed E-state index contributed by atoms with van der Waals surface area (Å²) in [6.07, 6.45) is 5.44. The highest BCUT2D eigenvalue weighted by molar-refractivity contribution is 6.74. The number of nitrogens with zero attached hydrogens (tertiary/aromatic N) is 1. The number of aromatic nitrogens is 1. The quantitative estimate of drug-likeness (QED) is 0.0460. The minimum atomic E-state index is -2.17. The number of phenolic OH excluding ortho intramolecular Hbond substituents is 1. The molecule has 1 aromatic heterocycles. The van der Waals surface area contributed by atoms with Crippen molar-refractivity contribution in [1.82, 2.24) is 10.3 Å². The van der Waals surface area contributed by atoms with E-state index in [0.717, 1.165) is 97.0 Å². The maximum absolute atomic E-state index is 12.7. The van der Waals surface area contributed by atoms with Gasteiger partial charge in [-0.05, 0) is 129 Å². The molecule has 1 atom stereocenters. The Morgan fingerprint density at radius 3 is 2.32 bits per heavy atom. The summed E-state index contributed by atoms with van der Waals surface area (Å²) in [5, 5.41) is 25.4. The van der Waals surface area contributed by atoms with Crippen LogP contribution < -0.4 is 26.2 Å². The molecule has 4 aromatic carbocycles. The average Bonchev–Trinajstić information content (AvgIpc) is 3.20. The van der Waals surface area contributed by atoms with Crippen LogP contribution in [-0.4, -0.2) is 61.4 Å². The van der Waals surface area contributed by atoms with E-state index in [1.54, 1.807) is 17.0 Å². The van der Waals surface area contributed by atoms with Gasteiger partial charge in [-0.25, -0.2) is 4.79 Å². The van der Waals surface area contributed by atoms with Gasteiger partial charge in [0.05, 0.1) is 23.9 Å². The number of nitrogens with two attached hydrogens (primary N) is 1. The first-order valence-electron chi connectivity index (χ1n) is 21.1. The zero-order chi connectivity index (χ0) is 42.2. The smallest absolute Gasteiger partial charge is 0.412 e. The summed E-state index contributed by atoms with van der Waals surface area (Å²) in [7, 11) is -2.17. The minimum absolute atomic E-state index is 0.00517. The lowest BCUT2D eigenvalue weighted by atomic mass is 9.89. The molecule has 1 saturated carbocycles. The highest BCUT2D eigenvalue weighted by Gasteiger charge is 2.40. The predicted molar refractivity (Wildman–Crippen MR) is 241 cm³/mol. The summed E-state index contributed by atoms with van der Waals surface area (Å²) < 4.78 is 13.1. The molecule has 1 fully saturated rings. The number of unbranched alkanes of at least 4 members (excludes halogenated alkanes) is 1. The third-order valence-electron chi connectivity index (χ3n) is 12.2. The second-order valence-electron chi connectivity index (χ2n) is 17.5. The summed E-state index contributed by atoms with van der Waals surface area (Å²) in [5.41, 5.74) is 12.3. The summed E-state index contributed by atoms with van der Waals surface area (Å²) in [5.74, 6) is 0.874. The molecule has 0 radical (unpaired) electrons. The van der Waals surface area contributed by atoms with Gasteiger partial charge in [0, 0.05) is 35.6 Å². The van der Waals surface area contributed by atoms with Crippen molar-refractivity contribution in [1.29, 1.82) is 0 Å². The fourth-order valence-corrected chi connectivity index (χ4v) is 9.01. The number of benzene rings is 4. The van der Waals surface area contributed by atoms with Crippen LogP contribution in [-0.2, 0) is 17.3 Å². The Labute approximate surface area is 349 Å². The van der Waals surface area contributed by atoms with E-state index in [4.69, 9.17) is 14.9 Å². The number of fused-ring (bicyclic) bond motifs is 1. The highest BCUT2D eigenvalue weighted by Crippen LogP contribution is 2.41. The minimum Gasteiger partial charge on any atom is -0.506 e. The first-order chi connectivity index (χ1) is 28.2. The van der Waals surface area contributed by atoms with E-state index < -0.39 is 14.4 Å². The Kier molecular flexibility index (Phi) is 14.4. The van der Waals surface area contributed by atoms with E-state index in [0.29, 0.717) is 18.7 Å². The van der Waals surface area contributed by atoms with Crippen LogP contribution in [0.2, 0.25) is 18.1 Å². The normalized spacial score (nSPS) is 16.5. The Balaban J connectivity index is 1.01. The molecule has 11 heteroatoms. The molecule has 0 saturated heterocycles. The number of nitrogens with one attached hydrogen (secondary N) is 2. The van der Waals surface area contributed by atoms with Crippen LogP contribution in [0.1, 0.15) is 82.1 Å². The van der Waals surface area contributed by atoms with Crippen LogP contribution in [0.5, 0.6) is 11.5 Å². The zero-order valence-electron chi connectivity index (χ0n) is 35.3. The lowest BCUT2D eigenvalue weighted by Crippen LogP contribution is -2.44. The summed E-state index contributed by atoms with van der Waals surface area (Å²) in [6, 6.07) is 31.4. The van der Waals surface area contributed by atoms with Gasteiger partial charge in [-0.2, -0.15) is 0 Å². The average molecular weight is 819 g/mol. The molecular weight excluding hydrogens is 757 g/mol. The first-order valence-corrected chi connectivity index (χ1v) is 24.0. The number of H-pyrrole nitrogens is 1. The zero-order valence-corrected chi connectivity index (χ0v) is 36.3. The van der Waals surface area contributed by atoms with Gasteiger partial charge in [0.15, 0.2) is 8.32 Å². The molecule has 6 rings (SSSR count). The van der Waals surface area contributed by atoms with Crippen molar-refractivity contribution in [2.75, 3.05) is 24.6 Å². The maximum atomic E-state index is 12.7. The summed E-state index contributed by atoms with van der Waals surface area (Å²) >= 11 is 0. The van der Waals surface area contributed by atoms with E-state index in [-0.39, 0.29) is 34.5 Å². The SMILES string of the molecule is CC(C)(C)[Si](C)(C)O[C@@H](CNCCc1ccc(OCCCCc2ccc(-c3ccccc3)c(N(C(=O)O)C3CCC(N)CC3)c2)cc1)c1ccc(O)c2[nH]c(=O)ccc12. The molecule has 314 valence electrons. The van der Waals surface area contributed by atoms with Gasteiger partial charge in [-0.1, -0.05) is 81.4 Å². The van der Waals surface area contributed by atoms with Crippen molar-refractivity contribution >= 4 is 31.0 Å². The Bertz CT molecular complexity index is 2210. The molecule has 0 spiro atoms. The van der Waals surface area contributed by atoms with Gasteiger partial charge >= 0.3 is 6.09 Å². The molecule has 0 aliphatic heterocycles. The Morgan fingerprint density at radius 2 is 1.63 bits per heavy atom. The summed E-state index contributed by atoms with van der Waals surface area (Å²) in [4.78, 5) is 29.2. The van der Waals surface area contributed by atoms with E-state index in [1.807, 2.05) is 48.5 Å². The standard InChI is InChI=1S/C48H62N4O6Si/c1-48(2,3)59(4,5)58-44(40-24-26-43(53)46-41(40)25-27-45(54)51-46)32-50-29-28-33-14-21-38(22-15-33)57-30-10-9-11-34-16-23-39(35-12-7-6-8-13-35)42(31-34)52(47(55)56)37-19-17-36(49)18-20-37/h6-8,12-16,21-27,31,36-37,44,50,53H,9-11,17-20,28-30,32,49H2,1-5H3,(H,51,54)(H,55,56)/t36?,37?,44-/m0/s1. The number of phenols is 1. The van der Waals surface area contributed by atoms with Gasteiger partial charge in [-0.3, -0.25) is 9.69 Å². The molecule has 10 nitrogen and oxygen atoms in total. The third kappa shape index (κ3) is 11.2. The van der Waals surface area contributed by atoms with Crippen LogP contribution in [0.15, 0.2) is 102 Å². The van der Waals surface area contributed by atoms with Gasteiger partial charge < -0.3 is 35.4 Å². The molecule has 1 amide bonds. The van der Waals surface area contributed by atoms with E-state index in [9.17, 15) is 19.8 Å². The largest absolute Gasteiger partial charge is 0.506 e. The second-order valence-corrected chi connectivity index (χ2v) is 22.3. The van der Waals surface area contributed by atoms with Crippen LogP contribution in [0, 0.1) is 0 Å². The highest BCUT2D eigenvalue weighted by atomic mass is 28.4. The van der Waals surface area contributed by atoms with E-state index >= 15 is 0 Å².